The minimum absolute atomic E-state index is 0.298. The number of aliphatic hydroxyl groups is 1. The van der Waals surface area contributed by atoms with Crippen LogP contribution in [0.4, 0.5) is 5.82 Å². The summed E-state index contributed by atoms with van der Waals surface area (Å²) in [5.41, 5.74) is 2.42. The molecular weight excluding hydrogens is 356 g/mol. The summed E-state index contributed by atoms with van der Waals surface area (Å²) in [6.45, 7) is 9.52. The highest BCUT2D eigenvalue weighted by atomic mass is 32.1. The van der Waals surface area contributed by atoms with E-state index in [4.69, 9.17) is 4.98 Å². The van der Waals surface area contributed by atoms with Gasteiger partial charge < -0.3 is 10.0 Å². The molecule has 142 valence electrons. The number of piperazine rings is 1. The SMILES string of the molecule is Cc1nc(N2CCN(CC(C)O)C(C)C2)c2c(-c3ccccc3)csc2n1. The van der Waals surface area contributed by atoms with Gasteiger partial charge in [0.2, 0.25) is 0 Å². The first kappa shape index (κ1) is 18.3. The zero-order valence-electron chi connectivity index (χ0n) is 16.1. The van der Waals surface area contributed by atoms with Gasteiger partial charge in [0.25, 0.3) is 0 Å². The van der Waals surface area contributed by atoms with E-state index in [9.17, 15) is 5.11 Å². The van der Waals surface area contributed by atoms with Crippen molar-refractivity contribution in [3.8, 4) is 11.1 Å². The van der Waals surface area contributed by atoms with Crippen LogP contribution in [0.2, 0.25) is 0 Å². The highest BCUT2D eigenvalue weighted by Gasteiger charge is 2.27. The van der Waals surface area contributed by atoms with Crippen molar-refractivity contribution in [2.75, 3.05) is 31.1 Å². The normalized spacial score (nSPS) is 19.6. The van der Waals surface area contributed by atoms with E-state index >= 15 is 0 Å². The molecule has 1 fully saturated rings. The van der Waals surface area contributed by atoms with Gasteiger partial charge in [-0.15, -0.1) is 11.3 Å². The molecule has 0 bridgehead atoms. The minimum atomic E-state index is -0.298. The summed E-state index contributed by atoms with van der Waals surface area (Å²) in [5.74, 6) is 1.86. The molecule has 1 saturated heterocycles. The maximum atomic E-state index is 9.74. The van der Waals surface area contributed by atoms with Crippen LogP contribution in [-0.4, -0.2) is 58.3 Å². The molecule has 1 aliphatic rings. The second kappa shape index (κ2) is 7.54. The molecule has 2 atom stereocenters. The molecule has 27 heavy (non-hydrogen) atoms. The molecule has 2 unspecified atom stereocenters. The number of hydrogen-bond donors (Lipinski definition) is 1. The van der Waals surface area contributed by atoms with Crippen LogP contribution in [0.3, 0.4) is 0 Å². The van der Waals surface area contributed by atoms with E-state index in [0.29, 0.717) is 6.04 Å². The van der Waals surface area contributed by atoms with Gasteiger partial charge in [0, 0.05) is 43.2 Å². The van der Waals surface area contributed by atoms with Crippen LogP contribution in [0.25, 0.3) is 21.3 Å². The highest BCUT2D eigenvalue weighted by molar-refractivity contribution is 7.17. The van der Waals surface area contributed by atoms with Crippen molar-refractivity contribution in [2.24, 2.45) is 0 Å². The summed E-state index contributed by atoms with van der Waals surface area (Å²) >= 11 is 1.69. The molecule has 3 aromatic rings. The van der Waals surface area contributed by atoms with Gasteiger partial charge >= 0.3 is 0 Å². The fourth-order valence-electron chi connectivity index (χ4n) is 3.88. The second-order valence-corrected chi connectivity index (χ2v) is 8.29. The molecule has 0 spiro atoms. The average Bonchev–Trinajstić information content (AvgIpc) is 3.07. The van der Waals surface area contributed by atoms with Gasteiger partial charge in [-0.3, -0.25) is 4.90 Å². The monoisotopic (exact) mass is 382 g/mol. The Kier molecular flexibility index (Phi) is 5.12. The van der Waals surface area contributed by atoms with Crippen molar-refractivity contribution >= 4 is 27.4 Å². The molecule has 5 nitrogen and oxygen atoms in total. The van der Waals surface area contributed by atoms with E-state index in [1.807, 2.05) is 19.9 Å². The Labute approximate surface area is 164 Å². The summed E-state index contributed by atoms with van der Waals surface area (Å²) in [6, 6.07) is 10.9. The van der Waals surface area contributed by atoms with Crippen molar-refractivity contribution in [3.63, 3.8) is 0 Å². The van der Waals surface area contributed by atoms with Gasteiger partial charge in [0.1, 0.15) is 16.5 Å². The molecule has 3 heterocycles. The number of hydrogen-bond acceptors (Lipinski definition) is 6. The van der Waals surface area contributed by atoms with Gasteiger partial charge in [0.15, 0.2) is 0 Å². The molecule has 6 heteroatoms. The van der Waals surface area contributed by atoms with Gasteiger partial charge in [-0.05, 0) is 26.3 Å². The summed E-state index contributed by atoms with van der Waals surface area (Å²) < 4.78 is 0. The molecule has 1 aliphatic heterocycles. The maximum Gasteiger partial charge on any atom is 0.141 e. The van der Waals surface area contributed by atoms with Crippen LogP contribution in [0.15, 0.2) is 35.7 Å². The Bertz CT molecular complexity index is 925. The Balaban J connectivity index is 1.73. The molecule has 1 N–H and O–H groups in total. The van der Waals surface area contributed by atoms with Crippen molar-refractivity contribution in [1.29, 1.82) is 0 Å². The zero-order valence-corrected chi connectivity index (χ0v) is 16.9. The lowest BCUT2D eigenvalue weighted by atomic mass is 10.1. The molecule has 2 aromatic heterocycles. The topological polar surface area (TPSA) is 52.5 Å². The van der Waals surface area contributed by atoms with Crippen LogP contribution in [0, 0.1) is 6.92 Å². The van der Waals surface area contributed by atoms with Crippen molar-refractivity contribution in [2.45, 2.75) is 32.9 Å². The summed E-state index contributed by atoms with van der Waals surface area (Å²) in [7, 11) is 0. The van der Waals surface area contributed by atoms with Crippen molar-refractivity contribution in [3.05, 3.63) is 41.5 Å². The highest BCUT2D eigenvalue weighted by Crippen LogP contribution is 2.38. The third-order valence-corrected chi connectivity index (χ3v) is 6.05. The van der Waals surface area contributed by atoms with E-state index in [0.717, 1.165) is 48.0 Å². The predicted molar refractivity (Wildman–Crippen MR) is 113 cm³/mol. The predicted octanol–water partition coefficient (Wildman–Crippen LogP) is 3.56. The molecule has 4 rings (SSSR count). The minimum Gasteiger partial charge on any atom is -0.392 e. The van der Waals surface area contributed by atoms with E-state index in [-0.39, 0.29) is 6.10 Å². The lowest BCUT2D eigenvalue weighted by molar-refractivity contribution is 0.0959. The van der Waals surface area contributed by atoms with Crippen LogP contribution >= 0.6 is 11.3 Å². The third-order valence-electron chi connectivity index (χ3n) is 5.17. The quantitative estimate of drug-likeness (QED) is 0.748. The van der Waals surface area contributed by atoms with E-state index < -0.39 is 0 Å². The third kappa shape index (κ3) is 3.70. The first-order valence-electron chi connectivity index (χ1n) is 9.51. The second-order valence-electron chi connectivity index (χ2n) is 7.43. The first-order chi connectivity index (χ1) is 13.0. The largest absolute Gasteiger partial charge is 0.392 e. The molecule has 0 aliphatic carbocycles. The fourth-order valence-corrected chi connectivity index (χ4v) is 4.87. The number of benzene rings is 1. The standard InChI is InChI=1S/C21H26N4OS/c1-14-11-25(10-9-24(14)12-15(2)26)20-19-18(17-7-5-4-6-8-17)13-27-21(19)23-16(3)22-20/h4-8,13-15,26H,9-12H2,1-3H3. The summed E-state index contributed by atoms with van der Waals surface area (Å²) in [5, 5.41) is 13.1. The average molecular weight is 383 g/mol. The number of aromatic nitrogens is 2. The smallest absolute Gasteiger partial charge is 0.141 e. The molecule has 0 amide bonds. The number of β-amino-alcohol motifs (C(OH)–C–C–N with tert-alkyl or cyclic N) is 1. The van der Waals surface area contributed by atoms with Crippen LogP contribution in [0.1, 0.15) is 19.7 Å². The van der Waals surface area contributed by atoms with Crippen LogP contribution in [0.5, 0.6) is 0 Å². The van der Waals surface area contributed by atoms with Crippen LogP contribution in [-0.2, 0) is 0 Å². The first-order valence-corrected chi connectivity index (χ1v) is 10.4. The lowest BCUT2D eigenvalue weighted by Gasteiger charge is -2.41. The number of rotatable bonds is 4. The zero-order chi connectivity index (χ0) is 19.0. The number of nitrogens with zero attached hydrogens (tertiary/aromatic N) is 4. The van der Waals surface area contributed by atoms with E-state index in [2.05, 4.69) is 51.4 Å². The number of fused-ring (bicyclic) bond motifs is 1. The Morgan fingerprint density at radius 2 is 2.00 bits per heavy atom. The van der Waals surface area contributed by atoms with Gasteiger partial charge in [0.05, 0.1) is 11.5 Å². The number of anilines is 1. The van der Waals surface area contributed by atoms with Crippen molar-refractivity contribution in [1.82, 2.24) is 14.9 Å². The Hall–Kier alpha value is -2.02. The summed E-state index contributed by atoms with van der Waals surface area (Å²) in [4.78, 5) is 15.3. The van der Waals surface area contributed by atoms with E-state index in [1.165, 1.54) is 11.1 Å². The molecule has 0 saturated carbocycles. The number of thiophene rings is 1. The van der Waals surface area contributed by atoms with Gasteiger partial charge in [-0.2, -0.15) is 0 Å². The fraction of sp³-hybridized carbons (Fsp3) is 0.429. The van der Waals surface area contributed by atoms with Gasteiger partial charge in [-0.25, -0.2) is 9.97 Å². The maximum absolute atomic E-state index is 9.74. The molecule has 0 radical (unpaired) electrons. The summed E-state index contributed by atoms with van der Waals surface area (Å²) in [6.07, 6.45) is -0.298. The molecule has 1 aromatic carbocycles. The number of aryl methyl sites for hydroxylation is 1. The molecular formula is C21H26N4OS. The van der Waals surface area contributed by atoms with E-state index in [1.54, 1.807) is 11.3 Å². The van der Waals surface area contributed by atoms with Crippen LogP contribution < -0.4 is 4.90 Å². The van der Waals surface area contributed by atoms with Crippen molar-refractivity contribution < 1.29 is 5.11 Å². The number of aliphatic hydroxyl groups excluding tert-OH is 1. The Morgan fingerprint density at radius 3 is 2.70 bits per heavy atom. The Morgan fingerprint density at radius 1 is 1.22 bits per heavy atom. The lowest BCUT2D eigenvalue weighted by Crippen LogP contribution is -2.53. The van der Waals surface area contributed by atoms with Gasteiger partial charge in [-0.1, -0.05) is 30.3 Å².